The van der Waals surface area contributed by atoms with Crippen molar-refractivity contribution in [3.63, 3.8) is 0 Å². The van der Waals surface area contributed by atoms with Crippen LogP contribution < -0.4 is 0 Å². The summed E-state index contributed by atoms with van der Waals surface area (Å²) in [5, 5.41) is 0. The zero-order valence-corrected chi connectivity index (χ0v) is 9.02. The molecule has 0 bridgehead atoms. The van der Waals surface area contributed by atoms with Gasteiger partial charge in [0.25, 0.3) is 0 Å². The van der Waals surface area contributed by atoms with E-state index in [0.29, 0.717) is 0 Å². The zero-order chi connectivity index (χ0) is 9.68. The van der Waals surface area contributed by atoms with E-state index in [1.165, 1.54) is 6.42 Å². The van der Waals surface area contributed by atoms with Crippen molar-refractivity contribution >= 4 is 10.8 Å². The minimum atomic E-state index is -0.859. The second-order valence-corrected chi connectivity index (χ2v) is 4.64. The zero-order valence-electron chi connectivity index (χ0n) is 8.21. The average Bonchev–Trinajstić information content (AvgIpc) is 2.52. The lowest BCUT2D eigenvalue weighted by atomic mass is 10.3. The fraction of sp³-hybridized carbons (Fsp3) is 0.600. The first-order chi connectivity index (χ1) is 6.25. The summed E-state index contributed by atoms with van der Waals surface area (Å²) < 4.78 is 16.8. The van der Waals surface area contributed by atoms with Crippen LogP contribution in [-0.2, 0) is 10.8 Å². The standard InChI is InChI=1S/C10H16O2S/c1-3-4-5-8-13(11)10-6-7-12-9(10)2/h6-7H,3-5,8H2,1-2H3/t13-/m0/s1. The highest BCUT2D eigenvalue weighted by Gasteiger charge is 2.08. The predicted molar refractivity (Wildman–Crippen MR) is 54.2 cm³/mol. The van der Waals surface area contributed by atoms with E-state index < -0.39 is 10.8 Å². The topological polar surface area (TPSA) is 30.2 Å². The molecule has 0 unspecified atom stereocenters. The molecule has 3 heteroatoms. The molecule has 74 valence electrons. The Hall–Kier alpha value is -0.570. The van der Waals surface area contributed by atoms with Gasteiger partial charge in [0, 0.05) is 5.75 Å². The Morgan fingerprint density at radius 1 is 1.46 bits per heavy atom. The quantitative estimate of drug-likeness (QED) is 0.684. The van der Waals surface area contributed by atoms with Crippen LogP contribution in [0.15, 0.2) is 21.6 Å². The molecule has 1 aromatic rings. The lowest BCUT2D eigenvalue weighted by Crippen LogP contribution is -1.97. The van der Waals surface area contributed by atoms with E-state index in [0.717, 1.165) is 29.3 Å². The lowest BCUT2D eigenvalue weighted by Gasteiger charge is -1.99. The summed E-state index contributed by atoms with van der Waals surface area (Å²) in [6.45, 7) is 4.00. The number of hydrogen-bond acceptors (Lipinski definition) is 2. The van der Waals surface area contributed by atoms with E-state index in [-0.39, 0.29) is 0 Å². The van der Waals surface area contributed by atoms with Crippen molar-refractivity contribution in [3.05, 3.63) is 18.1 Å². The Kier molecular flexibility index (Phi) is 4.22. The van der Waals surface area contributed by atoms with Crippen LogP contribution in [0.2, 0.25) is 0 Å². The van der Waals surface area contributed by atoms with Gasteiger partial charge in [-0.25, -0.2) is 0 Å². The van der Waals surface area contributed by atoms with Crippen LogP contribution in [-0.4, -0.2) is 9.96 Å². The highest BCUT2D eigenvalue weighted by atomic mass is 32.2. The molecule has 1 aromatic heterocycles. The fourth-order valence-corrected chi connectivity index (χ4v) is 2.46. The summed E-state index contributed by atoms with van der Waals surface area (Å²) in [5.41, 5.74) is 0. The number of aryl methyl sites for hydroxylation is 1. The van der Waals surface area contributed by atoms with Gasteiger partial charge in [-0.2, -0.15) is 0 Å². The van der Waals surface area contributed by atoms with Gasteiger partial charge in [-0.1, -0.05) is 19.8 Å². The van der Waals surface area contributed by atoms with Gasteiger partial charge in [-0.05, 0) is 19.4 Å². The van der Waals surface area contributed by atoms with Gasteiger partial charge in [-0.3, -0.25) is 4.21 Å². The molecular formula is C10H16O2S. The second-order valence-electron chi connectivity index (χ2n) is 3.10. The van der Waals surface area contributed by atoms with Gasteiger partial charge in [0.1, 0.15) is 5.76 Å². The Morgan fingerprint density at radius 2 is 2.23 bits per heavy atom. The molecule has 1 atom stereocenters. The minimum Gasteiger partial charge on any atom is -0.468 e. The molecule has 0 aromatic carbocycles. The molecule has 0 spiro atoms. The Labute approximate surface area is 81.8 Å². The molecule has 0 N–H and O–H groups in total. The van der Waals surface area contributed by atoms with Crippen molar-refractivity contribution in [2.75, 3.05) is 5.75 Å². The maximum atomic E-state index is 11.7. The Balaban J connectivity index is 2.45. The van der Waals surface area contributed by atoms with Gasteiger partial charge >= 0.3 is 0 Å². The van der Waals surface area contributed by atoms with E-state index in [9.17, 15) is 4.21 Å². The van der Waals surface area contributed by atoms with Crippen molar-refractivity contribution in [2.45, 2.75) is 38.0 Å². The summed E-state index contributed by atoms with van der Waals surface area (Å²) in [6, 6.07) is 1.80. The van der Waals surface area contributed by atoms with Crippen molar-refractivity contribution in [2.24, 2.45) is 0 Å². The average molecular weight is 200 g/mol. The molecule has 1 rings (SSSR count). The van der Waals surface area contributed by atoms with Crippen molar-refractivity contribution in [1.29, 1.82) is 0 Å². The maximum Gasteiger partial charge on any atom is 0.116 e. The normalized spacial score (nSPS) is 13.1. The molecule has 0 radical (unpaired) electrons. The summed E-state index contributed by atoms with van der Waals surface area (Å²) in [5.74, 6) is 1.55. The summed E-state index contributed by atoms with van der Waals surface area (Å²) in [6.07, 6.45) is 4.96. The van der Waals surface area contributed by atoms with E-state index in [1.54, 1.807) is 12.3 Å². The SMILES string of the molecule is CCCCC[S@](=O)c1ccoc1C. The van der Waals surface area contributed by atoms with Crippen LogP contribution in [0, 0.1) is 6.92 Å². The van der Waals surface area contributed by atoms with E-state index in [2.05, 4.69) is 6.92 Å². The highest BCUT2D eigenvalue weighted by Crippen LogP contribution is 2.14. The molecule has 0 amide bonds. The summed E-state index contributed by atoms with van der Waals surface area (Å²) in [7, 11) is -0.859. The Bertz CT molecular complexity index is 278. The van der Waals surface area contributed by atoms with Crippen LogP contribution in [0.5, 0.6) is 0 Å². The molecule has 0 aliphatic heterocycles. The molecule has 13 heavy (non-hydrogen) atoms. The lowest BCUT2D eigenvalue weighted by molar-refractivity contribution is 0.525. The first-order valence-corrected chi connectivity index (χ1v) is 6.00. The molecule has 1 heterocycles. The molecule has 0 aliphatic carbocycles. The Morgan fingerprint density at radius 3 is 2.77 bits per heavy atom. The van der Waals surface area contributed by atoms with Crippen LogP contribution >= 0.6 is 0 Å². The third kappa shape index (κ3) is 2.99. The predicted octanol–water partition coefficient (Wildman–Crippen LogP) is 2.89. The molecule has 0 aliphatic rings. The summed E-state index contributed by atoms with van der Waals surface area (Å²) >= 11 is 0. The molecule has 2 nitrogen and oxygen atoms in total. The molecule has 0 fully saturated rings. The van der Waals surface area contributed by atoms with Gasteiger partial charge in [0.15, 0.2) is 0 Å². The number of rotatable bonds is 5. The van der Waals surface area contributed by atoms with E-state index in [1.807, 2.05) is 6.92 Å². The minimum absolute atomic E-state index is 0.758. The van der Waals surface area contributed by atoms with E-state index >= 15 is 0 Å². The second kappa shape index (κ2) is 5.22. The number of furan rings is 1. The van der Waals surface area contributed by atoms with Gasteiger partial charge in [0.2, 0.25) is 0 Å². The first-order valence-electron chi connectivity index (χ1n) is 4.68. The van der Waals surface area contributed by atoms with Crippen LogP contribution in [0.1, 0.15) is 31.9 Å². The van der Waals surface area contributed by atoms with Crippen LogP contribution in [0.3, 0.4) is 0 Å². The molecular weight excluding hydrogens is 184 g/mol. The van der Waals surface area contributed by atoms with Crippen molar-refractivity contribution < 1.29 is 8.63 Å². The smallest absolute Gasteiger partial charge is 0.116 e. The summed E-state index contributed by atoms with van der Waals surface area (Å²) in [4.78, 5) is 0.858. The van der Waals surface area contributed by atoms with Crippen molar-refractivity contribution in [1.82, 2.24) is 0 Å². The molecule has 0 saturated heterocycles. The first kappa shape index (κ1) is 10.5. The highest BCUT2D eigenvalue weighted by molar-refractivity contribution is 7.85. The third-order valence-corrected chi connectivity index (χ3v) is 3.56. The fourth-order valence-electron chi connectivity index (χ4n) is 1.20. The number of unbranched alkanes of at least 4 members (excludes halogenated alkanes) is 2. The molecule has 0 saturated carbocycles. The van der Waals surface area contributed by atoms with Gasteiger partial charge < -0.3 is 4.42 Å². The van der Waals surface area contributed by atoms with Gasteiger partial charge in [-0.15, -0.1) is 0 Å². The van der Waals surface area contributed by atoms with Crippen molar-refractivity contribution in [3.8, 4) is 0 Å². The number of hydrogen-bond donors (Lipinski definition) is 0. The van der Waals surface area contributed by atoms with Crippen LogP contribution in [0.25, 0.3) is 0 Å². The monoisotopic (exact) mass is 200 g/mol. The maximum absolute atomic E-state index is 11.7. The van der Waals surface area contributed by atoms with Gasteiger partial charge in [0.05, 0.1) is 22.0 Å². The van der Waals surface area contributed by atoms with Crippen LogP contribution in [0.4, 0.5) is 0 Å². The third-order valence-electron chi connectivity index (χ3n) is 1.99. The largest absolute Gasteiger partial charge is 0.468 e. The van der Waals surface area contributed by atoms with E-state index in [4.69, 9.17) is 4.42 Å².